The average Bonchev–Trinajstić information content (AvgIpc) is 2.66. The van der Waals surface area contributed by atoms with Gasteiger partial charge in [-0.05, 0) is 31.2 Å². The Morgan fingerprint density at radius 2 is 2.00 bits per heavy atom. The molecule has 3 heteroatoms. The zero-order valence-electron chi connectivity index (χ0n) is 10.8. The van der Waals surface area contributed by atoms with E-state index in [4.69, 9.17) is 0 Å². The number of rotatable bonds is 1. The zero-order chi connectivity index (χ0) is 12.7. The Kier molecular flexibility index (Phi) is 2.71. The standard InChI is InChI=1S/C15H18N2O/c1-10-15-13(17(2)16-10)8-12(9-14(15)18)11-6-4-3-5-7-11/h3-7,12,14,18H,8-9H2,1-2H3. The third-order valence-corrected chi connectivity index (χ3v) is 3.94. The molecular weight excluding hydrogens is 224 g/mol. The Morgan fingerprint density at radius 1 is 1.28 bits per heavy atom. The van der Waals surface area contributed by atoms with E-state index in [9.17, 15) is 5.11 Å². The lowest BCUT2D eigenvalue weighted by atomic mass is 9.81. The van der Waals surface area contributed by atoms with E-state index in [-0.39, 0.29) is 6.10 Å². The summed E-state index contributed by atoms with van der Waals surface area (Å²) in [6, 6.07) is 10.4. The molecule has 0 bridgehead atoms. The lowest BCUT2D eigenvalue weighted by molar-refractivity contribution is 0.146. The maximum Gasteiger partial charge on any atom is 0.0831 e. The van der Waals surface area contributed by atoms with Crippen molar-refractivity contribution in [3.05, 3.63) is 52.8 Å². The molecule has 0 spiro atoms. The molecule has 94 valence electrons. The first-order valence-electron chi connectivity index (χ1n) is 6.42. The highest BCUT2D eigenvalue weighted by atomic mass is 16.3. The molecule has 0 amide bonds. The summed E-state index contributed by atoms with van der Waals surface area (Å²) in [5.41, 5.74) is 4.50. The first-order chi connectivity index (χ1) is 8.66. The van der Waals surface area contributed by atoms with E-state index in [0.29, 0.717) is 5.92 Å². The minimum atomic E-state index is -0.382. The van der Waals surface area contributed by atoms with Gasteiger partial charge in [0.15, 0.2) is 0 Å². The third kappa shape index (κ3) is 1.75. The number of hydrogen-bond donors (Lipinski definition) is 1. The van der Waals surface area contributed by atoms with Crippen molar-refractivity contribution >= 4 is 0 Å². The Morgan fingerprint density at radius 3 is 2.72 bits per heavy atom. The van der Waals surface area contributed by atoms with Crippen LogP contribution in [0.15, 0.2) is 30.3 Å². The summed E-state index contributed by atoms with van der Waals surface area (Å²) in [6.07, 6.45) is 1.38. The molecule has 1 aliphatic carbocycles. The Labute approximate surface area is 107 Å². The summed E-state index contributed by atoms with van der Waals surface area (Å²) in [4.78, 5) is 0. The first-order valence-corrected chi connectivity index (χ1v) is 6.42. The third-order valence-electron chi connectivity index (χ3n) is 3.94. The van der Waals surface area contributed by atoms with Crippen LogP contribution < -0.4 is 0 Å². The average molecular weight is 242 g/mol. The minimum Gasteiger partial charge on any atom is -0.388 e. The fourth-order valence-electron chi connectivity index (χ4n) is 3.08. The topological polar surface area (TPSA) is 38.0 Å². The summed E-state index contributed by atoms with van der Waals surface area (Å²) < 4.78 is 1.92. The number of fused-ring (bicyclic) bond motifs is 1. The van der Waals surface area contributed by atoms with Crippen LogP contribution in [0.3, 0.4) is 0 Å². The Bertz CT molecular complexity index is 559. The van der Waals surface area contributed by atoms with Gasteiger partial charge in [0, 0.05) is 18.3 Å². The minimum absolute atomic E-state index is 0.382. The fourth-order valence-corrected chi connectivity index (χ4v) is 3.08. The highest BCUT2D eigenvalue weighted by Crippen LogP contribution is 2.39. The van der Waals surface area contributed by atoms with Gasteiger partial charge in [0.2, 0.25) is 0 Å². The Hall–Kier alpha value is -1.61. The second-order valence-corrected chi connectivity index (χ2v) is 5.13. The molecular formula is C15H18N2O. The van der Waals surface area contributed by atoms with Crippen LogP contribution in [0.1, 0.15) is 41.0 Å². The van der Waals surface area contributed by atoms with E-state index < -0.39 is 0 Å². The molecule has 1 aromatic carbocycles. The van der Waals surface area contributed by atoms with Crippen LogP contribution in [0, 0.1) is 6.92 Å². The summed E-state index contributed by atoms with van der Waals surface area (Å²) in [7, 11) is 1.96. The van der Waals surface area contributed by atoms with Crippen LogP contribution in [-0.2, 0) is 13.5 Å². The van der Waals surface area contributed by atoms with Crippen molar-refractivity contribution in [3.63, 3.8) is 0 Å². The number of nitrogens with zero attached hydrogens (tertiary/aromatic N) is 2. The second-order valence-electron chi connectivity index (χ2n) is 5.13. The summed E-state index contributed by atoms with van der Waals surface area (Å²) in [5.74, 6) is 0.392. The van der Waals surface area contributed by atoms with Crippen molar-refractivity contribution in [2.75, 3.05) is 0 Å². The zero-order valence-corrected chi connectivity index (χ0v) is 10.8. The molecule has 2 aromatic rings. The number of benzene rings is 1. The molecule has 3 nitrogen and oxygen atoms in total. The van der Waals surface area contributed by atoms with Crippen LogP contribution in [-0.4, -0.2) is 14.9 Å². The molecule has 0 aliphatic heterocycles. The normalized spacial score (nSPS) is 22.8. The van der Waals surface area contributed by atoms with E-state index in [2.05, 4.69) is 29.4 Å². The maximum absolute atomic E-state index is 10.3. The summed E-state index contributed by atoms with van der Waals surface area (Å²) >= 11 is 0. The molecule has 2 atom stereocenters. The number of aromatic nitrogens is 2. The number of hydrogen-bond acceptors (Lipinski definition) is 2. The first kappa shape index (κ1) is 11.5. The van der Waals surface area contributed by atoms with Crippen molar-refractivity contribution in [1.29, 1.82) is 0 Å². The molecule has 1 heterocycles. The van der Waals surface area contributed by atoms with Gasteiger partial charge in [-0.25, -0.2) is 0 Å². The van der Waals surface area contributed by atoms with Crippen LogP contribution in [0.5, 0.6) is 0 Å². The number of aliphatic hydroxyl groups excluding tert-OH is 1. The van der Waals surface area contributed by atoms with Crippen molar-refractivity contribution in [2.24, 2.45) is 7.05 Å². The number of aryl methyl sites for hydroxylation is 2. The lowest BCUT2D eigenvalue weighted by Gasteiger charge is -2.27. The largest absolute Gasteiger partial charge is 0.388 e. The summed E-state index contributed by atoms with van der Waals surface area (Å²) in [6.45, 7) is 1.98. The van der Waals surface area contributed by atoms with Gasteiger partial charge in [-0.3, -0.25) is 4.68 Å². The predicted molar refractivity (Wildman–Crippen MR) is 70.4 cm³/mol. The van der Waals surface area contributed by atoms with E-state index in [0.717, 1.165) is 24.1 Å². The van der Waals surface area contributed by atoms with Crippen LogP contribution >= 0.6 is 0 Å². The smallest absolute Gasteiger partial charge is 0.0831 e. The highest BCUT2D eigenvalue weighted by Gasteiger charge is 2.30. The predicted octanol–water partition coefficient (Wildman–Crippen LogP) is 2.49. The highest BCUT2D eigenvalue weighted by molar-refractivity contribution is 5.34. The monoisotopic (exact) mass is 242 g/mol. The van der Waals surface area contributed by atoms with E-state index in [1.807, 2.05) is 24.7 Å². The van der Waals surface area contributed by atoms with Crippen LogP contribution in [0.4, 0.5) is 0 Å². The molecule has 3 rings (SSSR count). The van der Waals surface area contributed by atoms with Crippen molar-refractivity contribution in [1.82, 2.24) is 9.78 Å². The lowest BCUT2D eigenvalue weighted by Crippen LogP contribution is -2.18. The van der Waals surface area contributed by atoms with Crippen molar-refractivity contribution in [2.45, 2.75) is 31.8 Å². The molecule has 0 saturated carbocycles. The van der Waals surface area contributed by atoms with E-state index in [1.54, 1.807) is 0 Å². The molecule has 2 unspecified atom stereocenters. The molecule has 18 heavy (non-hydrogen) atoms. The van der Waals surface area contributed by atoms with Gasteiger partial charge in [-0.1, -0.05) is 30.3 Å². The van der Waals surface area contributed by atoms with Crippen molar-refractivity contribution in [3.8, 4) is 0 Å². The fraction of sp³-hybridized carbons (Fsp3) is 0.400. The van der Waals surface area contributed by atoms with Gasteiger partial charge in [-0.15, -0.1) is 0 Å². The number of aliphatic hydroxyl groups is 1. The van der Waals surface area contributed by atoms with E-state index >= 15 is 0 Å². The van der Waals surface area contributed by atoms with Crippen molar-refractivity contribution < 1.29 is 5.11 Å². The molecule has 1 aromatic heterocycles. The van der Waals surface area contributed by atoms with Gasteiger partial charge in [0.25, 0.3) is 0 Å². The molecule has 0 saturated heterocycles. The molecule has 0 fully saturated rings. The van der Waals surface area contributed by atoms with Gasteiger partial charge < -0.3 is 5.11 Å². The second kappa shape index (κ2) is 4.25. The maximum atomic E-state index is 10.3. The van der Waals surface area contributed by atoms with Gasteiger partial charge >= 0.3 is 0 Å². The Balaban J connectivity index is 1.99. The quantitative estimate of drug-likeness (QED) is 0.834. The molecule has 1 N–H and O–H groups in total. The van der Waals surface area contributed by atoms with Gasteiger partial charge in [0.1, 0.15) is 0 Å². The molecule has 0 radical (unpaired) electrons. The van der Waals surface area contributed by atoms with Gasteiger partial charge in [-0.2, -0.15) is 5.10 Å². The summed E-state index contributed by atoms with van der Waals surface area (Å²) in [5, 5.41) is 14.8. The van der Waals surface area contributed by atoms with E-state index in [1.165, 1.54) is 11.3 Å². The van der Waals surface area contributed by atoms with Crippen LogP contribution in [0.2, 0.25) is 0 Å². The van der Waals surface area contributed by atoms with Gasteiger partial charge in [0.05, 0.1) is 11.8 Å². The van der Waals surface area contributed by atoms with Crippen LogP contribution in [0.25, 0.3) is 0 Å². The molecule has 1 aliphatic rings. The SMILES string of the molecule is Cc1nn(C)c2c1C(O)CC(c1ccccc1)C2.